The average molecular weight is 269 g/mol. The van der Waals surface area contributed by atoms with Crippen LogP contribution in [0.1, 0.15) is 5.56 Å². The molecule has 0 spiro atoms. The van der Waals surface area contributed by atoms with Crippen molar-refractivity contribution in [2.75, 3.05) is 0 Å². The Bertz CT molecular complexity index is 834. The minimum atomic E-state index is -0.507. The van der Waals surface area contributed by atoms with Crippen LogP contribution >= 0.6 is 0 Å². The lowest BCUT2D eigenvalue weighted by Gasteiger charge is -2.00. The first-order chi connectivity index (χ1) is 9.65. The highest BCUT2D eigenvalue weighted by Crippen LogP contribution is 2.17. The molecule has 6 nitrogen and oxygen atoms in total. The molecule has 0 saturated carbocycles. The van der Waals surface area contributed by atoms with Crippen LogP contribution in [0.25, 0.3) is 10.9 Å². The van der Waals surface area contributed by atoms with Crippen LogP contribution in [0.5, 0.6) is 0 Å². The number of benzene rings is 2. The molecule has 0 aliphatic carbocycles. The number of rotatable bonds is 3. The Morgan fingerprint density at radius 1 is 1.15 bits per heavy atom. The van der Waals surface area contributed by atoms with E-state index < -0.39 is 4.92 Å². The molecule has 1 aromatic heterocycles. The summed E-state index contributed by atoms with van der Waals surface area (Å²) in [6.45, 7) is 0.405. The number of aromatic nitrogens is 2. The third kappa shape index (κ3) is 2.07. The molecule has 0 unspecified atom stereocenters. The number of nitro benzene ring substituents is 1. The molecular formula is C14H11N3O3. The molecule has 20 heavy (non-hydrogen) atoms. The van der Waals surface area contributed by atoms with Gasteiger partial charge in [-0.2, -0.15) is 0 Å². The van der Waals surface area contributed by atoms with Gasteiger partial charge in [0.2, 0.25) is 0 Å². The van der Waals surface area contributed by atoms with Gasteiger partial charge in [-0.15, -0.1) is 0 Å². The topological polar surface area (TPSA) is 80.9 Å². The normalized spacial score (nSPS) is 10.8. The molecule has 0 bridgehead atoms. The lowest BCUT2D eigenvalue weighted by Crippen LogP contribution is -2.17. The number of H-pyrrole nitrogens is 1. The molecule has 0 amide bonds. The molecule has 3 aromatic rings. The Balaban J connectivity index is 2.07. The fourth-order valence-electron chi connectivity index (χ4n) is 2.14. The fraction of sp³-hybridized carbons (Fsp3) is 0.0714. The van der Waals surface area contributed by atoms with Gasteiger partial charge in [-0.25, -0.2) is 4.68 Å². The van der Waals surface area contributed by atoms with Crippen molar-refractivity contribution in [3.63, 3.8) is 0 Å². The van der Waals surface area contributed by atoms with E-state index in [1.807, 2.05) is 30.3 Å². The van der Waals surface area contributed by atoms with E-state index >= 15 is 0 Å². The van der Waals surface area contributed by atoms with Gasteiger partial charge in [-0.05, 0) is 11.6 Å². The van der Waals surface area contributed by atoms with Crippen molar-refractivity contribution in [2.45, 2.75) is 6.54 Å². The third-order valence-electron chi connectivity index (χ3n) is 3.13. The zero-order chi connectivity index (χ0) is 14.1. The molecule has 0 aliphatic rings. The van der Waals surface area contributed by atoms with Gasteiger partial charge in [0.25, 0.3) is 11.2 Å². The van der Waals surface area contributed by atoms with E-state index in [1.165, 1.54) is 16.8 Å². The highest BCUT2D eigenvalue weighted by molar-refractivity contribution is 5.80. The van der Waals surface area contributed by atoms with Crippen molar-refractivity contribution < 1.29 is 4.92 Å². The van der Waals surface area contributed by atoms with Crippen LogP contribution in [-0.2, 0) is 6.54 Å². The predicted octanol–water partition coefficient (Wildman–Crippen LogP) is 2.29. The van der Waals surface area contributed by atoms with Gasteiger partial charge in [-0.1, -0.05) is 30.3 Å². The van der Waals surface area contributed by atoms with Crippen molar-refractivity contribution in [3.8, 4) is 0 Å². The Morgan fingerprint density at radius 3 is 2.60 bits per heavy atom. The Labute approximate surface area is 113 Å². The summed E-state index contributed by atoms with van der Waals surface area (Å²) in [5, 5.41) is 14.0. The van der Waals surface area contributed by atoms with E-state index in [2.05, 4.69) is 5.10 Å². The second-order valence-corrected chi connectivity index (χ2v) is 4.48. The van der Waals surface area contributed by atoms with Crippen molar-refractivity contribution >= 4 is 16.6 Å². The Morgan fingerprint density at radius 2 is 1.90 bits per heavy atom. The number of nitro groups is 1. The van der Waals surface area contributed by atoms with Gasteiger partial charge < -0.3 is 0 Å². The Hall–Kier alpha value is -2.89. The summed E-state index contributed by atoms with van der Waals surface area (Å²) < 4.78 is 1.45. The lowest BCUT2D eigenvalue weighted by molar-refractivity contribution is -0.384. The molecule has 0 saturated heterocycles. The van der Waals surface area contributed by atoms with Crippen LogP contribution in [0.2, 0.25) is 0 Å². The van der Waals surface area contributed by atoms with Crippen LogP contribution in [0.15, 0.2) is 53.3 Å². The van der Waals surface area contributed by atoms with Crippen molar-refractivity contribution in [3.05, 3.63) is 74.6 Å². The standard InChI is InChI=1S/C14H11N3O3/c18-14-12-8-11(17(19)20)6-7-13(12)15-16(14)9-10-4-2-1-3-5-10/h1-8,15H,9H2. The summed E-state index contributed by atoms with van der Waals surface area (Å²) in [5.41, 5.74) is 1.24. The molecule has 100 valence electrons. The van der Waals surface area contributed by atoms with Crippen LogP contribution in [0, 0.1) is 10.1 Å². The number of fused-ring (bicyclic) bond motifs is 1. The number of aromatic amines is 1. The van der Waals surface area contributed by atoms with Gasteiger partial charge in [0.05, 0.1) is 22.4 Å². The van der Waals surface area contributed by atoms with E-state index in [4.69, 9.17) is 0 Å². The first-order valence-electron chi connectivity index (χ1n) is 6.06. The first-order valence-corrected chi connectivity index (χ1v) is 6.06. The number of hydrogen-bond donors (Lipinski definition) is 1. The largest absolute Gasteiger partial charge is 0.295 e. The van der Waals surface area contributed by atoms with E-state index in [0.29, 0.717) is 17.4 Å². The maximum Gasteiger partial charge on any atom is 0.274 e. The van der Waals surface area contributed by atoms with Gasteiger partial charge in [0.1, 0.15) is 0 Å². The third-order valence-corrected chi connectivity index (χ3v) is 3.13. The summed E-state index contributed by atoms with van der Waals surface area (Å²) >= 11 is 0. The number of nitrogens with zero attached hydrogens (tertiary/aromatic N) is 2. The van der Waals surface area contributed by atoms with E-state index in [-0.39, 0.29) is 11.2 Å². The summed E-state index contributed by atoms with van der Waals surface area (Å²) in [6, 6.07) is 13.8. The summed E-state index contributed by atoms with van der Waals surface area (Å²) in [4.78, 5) is 22.5. The molecule has 0 fully saturated rings. The van der Waals surface area contributed by atoms with Crippen molar-refractivity contribution in [1.29, 1.82) is 0 Å². The van der Waals surface area contributed by atoms with Gasteiger partial charge in [0.15, 0.2) is 0 Å². The maximum atomic E-state index is 12.2. The van der Waals surface area contributed by atoms with Crippen molar-refractivity contribution in [1.82, 2.24) is 9.78 Å². The molecule has 0 aliphatic heterocycles. The molecule has 0 atom stereocenters. The second-order valence-electron chi connectivity index (χ2n) is 4.48. The minimum absolute atomic E-state index is 0.0829. The van der Waals surface area contributed by atoms with Crippen molar-refractivity contribution in [2.24, 2.45) is 0 Å². The van der Waals surface area contributed by atoms with Crippen LogP contribution < -0.4 is 5.56 Å². The smallest absolute Gasteiger partial charge is 0.274 e. The molecule has 2 aromatic carbocycles. The quantitative estimate of drug-likeness (QED) is 0.585. The highest BCUT2D eigenvalue weighted by Gasteiger charge is 2.12. The number of nitrogens with one attached hydrogen (secondary N) is 1. The zero-order valence-electron chi connectivity index (χ0n) is 10.4. The molecule has 1 heterocycles. The highest BCUT2D eigenvalue weighted by atomic mass is 16.6. The summed E-state index contributed by atoms with van der Waals surface area (Å²) in [6.07, 6.45) is 0. The molecule has 3 rings (SSSR count). The van der Waals surface area contributed by atoms with Gasteiger partial charge in [-0.3, -0.25) is 20.0 Å². The van der Waals surface area contributed by atoms with E-state index in [0.717, 1.165) is 5.56 Å². The summed E-state index contributed by atoms with van der Waals surface area (Å²) in [5.74, 6) is 0. The second kappa shape index (κ2) is 4.65. The molecule has 0 radical (unpaired) electrons. The lowest BCUT2D eigenvalue weighted by atomic mass is 10.2. The van der Waals surface area contributed by atoms with Crippen LogP contribution in [0.3, 0.4) is 0 Å². The molecule has 1 N–H and O–H groups in total. The molecule has 6 heteroatoms. The van der Waals surface area contributed by atoms with Gasteiger partial charge in [0, 0.05) is 12.1 Å². The van der Waals surface area contributed by atoms with Gasteiger partial charge >= 0.3 is 0 Å². The average Bonchev–Trinajstić information content (AvgIpc) is 2.76. The Kier molecular flexibility index (Phi) is 2.83. The van der Waals surface area contributed by atoms with Crippen LogP contribution in [-0.4, -0.2) is 14.7 Å². The minimum Gasteiger partial charge on any atom is -0.295 e. The van der Waals surface area contributed by atoms with E-state index in [9.17, 15) is 14.9 Å². The number of hydrogen-bond acceptors (Lipinski definition) is 3. The molecular weight excluding hydrogens is 258 g/mol. The maximum absolute atomic E-state index is 12.2. The SMILES string of the molecule is O=c1c2cc([N+](=O)[O-])ccc2[nH]n1Cc1ccccc1. The first kappa shape index (κ1) is 12.2. The summed E-state index contributed by atoms with van der Waals surface area (Å²) in [7, 11) is 0. The number of non-ortho nitro benzene ring substituents is 1. The predicted molar refractivity (Wildman–Crippen MR) is 74.8 cm³/mol. The fourth-order valence-corrected chi connectivity index (χ4v) is 2.14. The monoisotopic (exact) mass is 269 g/mol. The van der Waals surface area contributed by atoms with Crippen LogP contribution in [0.4, 0.5) is 5.69 Å². The zero-order valence-corrected chi connectivity index (χ0v) is 10.4. The van der Waals surface area contributed by atoms with E-state index in [1.54, 1.807) is 6.07 Å².